The highest BCUT2D eigenvalue weighted by molar-refractivity contribution is 5.83. The molecule has 0 aliphatic carbocycles. The van der Waals surface area contributed by atoms with Gasteiger partial charge in [0.05, 0.1) is 5.41 Å². The number of halogens is 4. The van der Waals surface area contributed by atoms with Gasteiger partial charge in [0.15, 0.2) is 6.04 Å². The maximum atomic E-state index is 13.7. The van der Waals surface area contributed by atoms with Gasteiger partial charge in [0, 0.05) is 12.1 Å². The van der Waals surface area contributed by atoms with Crippen LogP contribution >= 0.6 is 0 Å². The van der Waals surface area contributed by atoms with Crippen LogP contribution in [0, 0.1) is 11.2 Å². The first-order valence-electron chi connectivity index (χ1n) is 6.02. The molecular formula is C13H14F4N2O. The van der Waals surface area contributed by atoms with E-state index in [9.17, 15) is 22.4 Å². The van der Waals surface area contributed by atoms with Crippen molar-refractivity contribution in [1.29, 1.82) is 0 Å². The molecule has 7 heteroatoms. The van der Waals surface area contributed by atoms with Gasteiger partial charge < -0.3 is 0 Å². The zero-order chi connectivity index (χ0) is 15.1. The van der Waals surface area contributed by atoms with E-state index in [0.717, 1.165) is 17.1 Å². The molecule has 0 aromatic heterocycles. The molecule has 110 valence electrons. The van der Waals surface area contributed by atoms with Crippen molar-refractivity contribution < 1.29 is 22.4 Å². The Balaban J connectivity index is 2.41. The second kappa shape index (κ2) is 4.73. The van der Waals surface area contributed by atoms with Gasteiger partial charge in [-0.15, -0.1) is 0 Å². The summed E-state index contributed by atoms with van der Waals surface area (Å²) in [5.41, 5.74) is 0.733. The highest BCUT2D eigenvalue weighted by Crippen LogP contribution is 2.41. The van der Waals surface area contributed by atoms with Gasteiger partial charge in [-0.3, -0.25) is 10.2 Å². The van der Waals surface area contributed by atoms with Gasteiger partial charge in [-0.1, -0.05) is 18.2 Å². The quantitative estimate of drug-likeness (QED) is 0.849. The smallest absolute Gasteiger partial charge is 0.287 e. The summed E-state index contributed by atoms with van der Waals surface area (Å²) < 4.78 is 53.4. The molecule has 0 spiro atoms. The number of hydrazine groups is 1. The van der Waals surface area contributed by atoms with E-state index >= 15 is 0 Å². The molecule has 1 aliphatic heterocycles. The predicted molar refractivity (Wildman–Crippen MR) is 63.8 cm³/mol. The van der Waals surface area contributed by atoms with Crippen molar-refractivity contribution >= 4 is 5.91 Å². The number of nitrogens with zero attached hydrogens (tertiary/aromatic N) is 1. The van der Waals surface area contributed by atoms with Gasteiger partial charge in [0.25, 0.3) is 0 Å². The summed E-state index contributed by atoms with van der Waals surface area (Å²) in [7, 11) is 0. The van der Waals surface area contributed by atoms with Crippen molar-refractivity contribution in [3.05, 3.63) is 35.6 Å². The first-order chi connectivity index (χ1) is 9.13. The van der Waals surface area contributed by atoms with Crippen molar-refractivity contribution in [2.75, 3.05) is 6.54 Å². The standard InChI is InChI=1S/C13H14F4N2O/c1-12(2)7-19(18-11(12)20)10(13(15,16)17)8-5-3-4-6-9(8)14/h3-6,10H,7H2,1-2H3,(H,18,20). The molecule has 0 radical (unpaired) electrons. The number of hydrogen-bond acceptors (Lipinski definition) is 2. The van der Waals surface area contributed by atoms with Crippen LogP contribution in [-0.2, 0) is 4.79 Å². The van der Waals surface area contributed by atoms with Crippen LogP contribution in [0.1, 0.15) is 25.5 Å². The van der Waals surface area contributed by atoms with Crippen LogP contribution in [0.25, 0.3) is 0 Å². The highest BCUT2D eigenvalue weighted by Gasteiger charge is 2.51. The summed E-state index contributed by atoms with van der Waals surface area (Å²) >= 11 is 0. The van der Waals surface area contributed by atoms with Gasteiger partial charge in [0.1, 0.15) is 5.82 Å². The minimum Gasteiger partial charge on any atom is -0.287 e. The van der Waals surface area contributed by atoms with Gasteiger partial charge in [-0.25, -0.2) is 9.40 Å². The highest BCUT2D eigenvalue weighted by atomic mass is 19.4. The van der Waals surface area contributed by atoms with E-state index in [1.165, 1.54) is 26.0 Å². The summed E-state index contributed by atoms with van der Waals surface area (Å²) in [6, 6.07) is 2.50. The van der Waals surface area contributed by atoms with Crippen LogP contribution in [0.4, 0.5) is 17.6 Å². The number of carbonyl (C=O) groups excluding carboxylic acids is 1. The molecule has 1 saturated heterocycles. The predicted octanol–water partition coefficient (Wildman–Crippen LogP) is 2.80. The average molecular weight is 290 g/mol. The number of alkyl halides is 3. The number of amides is 1. The number of carbonyl (C=O) groups is 1. The molecule has 1 fully saturated rings. The number of rotatable bonds is 2. The molecule has 2 rings (SSSR count). The Morgan fingerprint density at radius 2 is 1.90 bits per heavy atom. The van der Waals surface area contributed by atoms with Gasteiger partial charge in [-0.2, -0.15) is 13.2 Å². The molecule has 1 atom stereocenters. The summed E-state index contributed by atoms with van der Waals surface area (Å²) in [4.78, 5) is 11.6. The Labute approximate surface area is 113 Å². The Kier molecular flexibility index (Phi) is 3.49. The van der Waals surface area contributed by atoms with E-state index in [2.05, 4.69) is 5.43 Å². The fourth-order valence-electron chi connectivity index (χ4n) is 2.19. The summed E-state index contributed by atoms with van der Waals surface area (Å²) in [5.74, 6) is -1.46. The Morgan fingerprint density at radius 1 is 1.30 bits per heavy atom. The average Bonchev–Trinajstić information content (AvgIpc) is 2.54. The summed E-state index contributed by atoms with van der Waals surface area (Å²) in [6.45, 7) is 2.93. The maximum absolute atomic E-state index is 13.7. The van der Waals surface area contributed by atoms with Crippen LogP contribution < -0.4 is 5.43 Å². The molecule has 1 aromatic carbocycles. The molecule has 1 heterocycles. The lowest BCUT2D eigenvalue weighted by molar-refractivity contribution is -0.192. The van der Waals surface area contributed by atoms with E-state index in [1.807, 2.05) is 0 Å². The lowest BCUT2D eigenvalue weighted by atomic mass is 9.93. The van der Waals surface area contributed by atoms with Crippen LogP contribution in [0.2, 0.25) is 0 Å². The molecule has 1 N–H and O–H groups in total. The van der Waals surface area contributed by atoms with Crippen molar-refractivity contribution in [2.24, 2.45) is 5.41 Å². The number of hydrogen-bond donors (Lipinski definition) is 1. The topological polar surface area (TPSA) is 32.3 Å². The molecule has 1 unspecified atom stereocenters. The zero-order valence-electron chi connectivity index (χ0n) is 11.0. The van der Waals surface area contributed by atoms with E-state index in [4.69, 9.17) is 0 Å². The molecule has 20 heavy (non-hydrogen) atoms. The molecule has 0 bridgehead atoms. The van der Waals surface area contributed by atoms with Crippen LogP contribution in [0.15, 0.2) is 24.3 Å². The second-order valence-electron chi connectivity index (χ2n) is 5.42. The minimum absolute atomic E-state index is 0.148. The summed E-state index contributed by atoms with van der Waals surface area (Å²) in [6.07, 6.45) is -4.70. The normalized spacial score (nSPS) is 20.8. The third-order valence-corrected chi connectivity index (χ3v) is 3.25. The van der Waals surface area contributed by atoms with Crippen molar-refractivity contribution in [1.82, 2.24) is 10.4 Å². The van der Waals surface area contributed by atoms with E-state index in [-0.39, 0.29) is 6.54 Å². The van der Waals surface area contributed by atoms with E-state index in [1.54, 1.807) is 0 Å². The van der Waals surface area contributed by atoms with Crippen LogP contribution in [0.5, 0.6) is 0 Å². The van der Waals surface area contributed by atoms with E-state index < -0.39 is 34.9 Å². The Hall–Kier alpha value is -1.63. The Morgan fingerprint density at radius 3 is 2.35 bits per heavy atom. The van der Waals surface area contributed by atoms with Gasteiger partial charge >= 0.3 is 6.18 Å². The lowest BCUT2D eigenvalue weighted by Crippen LogP contribution is -2.44. The zero-order valence-corrected chi connectivity index (χ0v) is 11.0. The molecule has 3 nitrogen and oxygen atoms in total. The van der Waals surface area contributed by atoms with Gasteiger partial charge in [0.2, 0.25) is 5.91 Å². The third-order valence-electron chi connectivity index (χ3n) is 3.25. The number of benzene rings is 1. The summed E-state index contributed by atoms with van der Waals surface area (Å²) in [5, 5.41) is 0.751. The molecule has 0 saturated carbocycles. The molecule has 1 aromatic rings. The fourth-order valence-corrected chi connectivity index (χ4v) is 2.19. The number of nitrogens with one attached hydrogen (secondary N) is 1. The minimum atomic E-state index is -4.70. The molecule has 1 amide bonds. The Bertz CT molecular complexity index is 527. The van der Waals surface area contributed by atoms with E-state index in [0.29, 0.717) is 0 Å². The first-order valence-corrected chi connectivity index (χ1v) is 6.02. The fraction of sp³-hybridized carbons (Fsp3) is 0.462. The largest absolute Gasteiger partial charge is 0.409 e. The molecular weight excluding hydrogens is 276 g/mol. The maximum Gasteiger partial charge on any atom is 0.409 e. The van der Waals surface area contributed by atoms with Crippen LogP contribution in [-0.4, -0.2) is 23.6 Å². The van der Waals surface area contributed by atoms with Crippen molar-refractivity contribution in [3.63, 3.8) is 0 Å². The lowest BCUT2D eigenvalue weighted by Gasteiger charge is -2.30. The van der Waals surface area contributed by atoms with Gasteiger partial charge in [-0.05, 0) is 19.9 Å². The monoisotopic (exact) mass is 290 g/mol. The van der Waals surface area contributed by atoms with Crippen molar-refractivity contribution in [3.8, 4) is 0 Å². The van der Waals surface area contributed by atoms with Crippen LogP contribution in [0.3, 0.4) is 0 Å². The SMILES string of the molecule is CC1(C)CN(C(c2ccccc2F)C(F)(F)F)NC1=O. The van der Waals surface area contributed by atoms with Crippen molar-refractivity contribution in [2.45, 2.75) is 26.1 Å². The second-order valence-corrected chi connectivity index (χ2v) is 5.42. The first kappa shape index (κ1) is 14.8. The third kappa shape index (κ3) is 2.63. The molecule has 1 aliphatic rings.